The van der Waals surface area contributed by atoms with Gasteiger partial charge in [-0.2, -0.15) is 5.26 Å². The number of aliphatic imine (C=N–C) groups is 1. The fourth-order valence-corrected chi connectivity index (χ4v) is 1.01. The highest BCUT2D eigenvalue weighted by molar-refractivity contribution is 14.1. The largest absolute Gasteiger partial charge is 0.364 e. The zero-order chi connectivity index (χ0) is 10.6. The molecule has 0 saturated carbocycles. The number of primary amides is 1. The summed E-state index contributed by atoms with van der Waals surface area (Å²) >= 11 is 1.83. The molecule has 0 aromatic carbocycles. The van der Waals surface area contributed by atoms with Crippen molar-refractivity contribution in [2.24, 2.45) is 10.7 Å². The maximum atomic E-state index is 10.9. The van der Waals surface area contributed by atoms with Crippen molar-refractivity contribution in [2.75, 3.05) is 0 Å². The standard InChI is InChI=1S/C6H3IN6O/c7-2-10-4-3(1-8)11-13-12-5(4)6(9)14/h2H,(H2,9,14). The van der Waals surface area contributed by atoms with Crippen molar-refractivity contribution in [2.45, 2.75) is 0 Å². The molecule has 1 amide bonds. The lowest BCUT2D eigenvalue weighted by Crippen LogP contribution is -2.15. The third kappa shape index (κ3) is 1.99. The van der Waals surface area contributed by atoms with Gasteiger partial charge in [-0.3, -0.25) is 4.79 Å². The van der Waals surface area contributed by atoms with E-state index in [0.717, 1.165) is 0 Å². The van der Waals surface area contributed by atoms with E-state index in [-0.39, 0.29) is 17.1 Å². The molecule has 8 heteroatoms. The molecule has 0 fully saturated rings. The molecule has 0 bridgehead atoms. The smallest absolute Gasteiger partial charge is 0.271 e. The van der Waals surface area contributed by atoms with E-state index < -0.39 is 5.91 Å². The van der Waals surface area contributed by atoms with Gasteiger partial charge in [0, 0.05) is 0 Å². The zero-order valence-corrected chi connectivity index (χ0v) is 8.83. The van der Waals surface area contributed by atoms with E-state index in [9.17, 15) is 4.79 Å². The molecule has 0 saturated heterocycles. The van der Waals surface area contributed by atoms with Crippen LogP contribution in [-0.2, 0) is 0 Å². The molecule has 14 heavy (non-hydrogen) atoms. The molecular weight excluding hydrogens is 299 g/mol. The summed E-state index contributed by atoms with van der Waals surface area (Å²) in [5, 5.41) is 18.7. The van der Waals surface area contributed by atoms with E-state index in [0.29, 0.717) is 0 Å². The van der Waals surface area contributed by atoms with Crippen molar-refractivity contribution in [3.8, 4) is 6.07 Å². The number of carbonyl (C=O) groups excluding carboxylic acids is 1. The Bertz CT molecular complexity index is 436. The average Bonchev–Trinajstić information content (AvgIpc) is 2.18. The second kappa shape index (κ2) is 4.56. The summed E-state index contributed by atoms with van der Waals surface area (Å²) in [5.41, 5.74) is 4.81. The van der Waals surface area contributed by atoms with Gasteiger partial charge in [-0.05, 0) is 27.8 Å². The summed E-state index contributed by atoms with van der Waals surface area (Å²) in [6, 6.07) is 1.74. The van der Waals surface area contributed by atoms with Crippen molar-refractivity contribution in [3.05, 3.63) is 11.4 Å². The Kier molecular flexibility index (Phi) is 3.41. The van der Waals surface area contributed by atoms with E-state index >= 15 is 0 Å². The van der Waals surface area contributed by atoms with Gasteiger partial charge in [0.2, 0.25) is 0 Å². The first-order valence-corrected chi connectivity index (χ1v) is 4.51. The second-order valence-electron chi connectivity index (χ2n) is 2.04. The van der Waals surface area contributed by atoms with Crippen LogP contribution in [0.25, 0.3) is 0 Å². The van der Waals surface area contributed by atoms with Crippen LogP contribution in [0.4, 0.5) is 5.69 Å². The lowest BCUT2D eigenvalue weighted by Gasteiger charge is -1.98. The highest BCUT2D eigenvalue weighted by Crippen LogP contribution is 2.18. The summed E-state index contributed by atoms with van der Waals surface area (Å²) in [7, 11) is 0. The van der Waals surface area contributed by atoms with Gasteiger partial charge in [0.1, 0.15) is 11.8 Å². The van der Waals surface area contributed by atoms with Crippen LogP contribution in [0.15, 0.2) is 4.99 Å². The first-order chi connectivity index (χ1) is 6.70. The third-order valence-electron chi connectivity index (χ3n) is 1.26. The normalized spacial score (nSPS) is 10.0. The van der Waals surface area contributed by atoms with Crippen molar-refractivity contribution in [1.82, 2.24) is 15.4 Å². The predicted molar refractivity (Wildman–Crippen MR) is 55.2 cm³/mol. The second-order valence-corrected chi connectivity index (χ2v) is 2.60. The summed E-state index contributed by atoms with van der Waals surface area (Å²) < 4.78 is 1.38. The number of nitrogens with zero attached hydrogens (tertiary/aromatic N) is 5. The summed E-state index contributed by atoms with van der Waals surface area (Å²) in [6.07, 6.45) is 0. The quantitative estimate of drug-likeness (QED) is 0.606. The molecule has 2 N–H and O–H groups in total. The third-order valence-corrected chi connectivity index (χ3v) is 1.53. The van der Waals surface area contributed by atoms with Crippen LogP contribution in [0.2, 0.25) is 0 Å². The van der Waals surface area contributed by atoms with Crippen LogP contribution < -0.4 is 5.73 Å². The summed E-state index contributed by atoms with van der Waals surface area (Å²) in [4.78, 5) is 14.6. The first-order valence-electron chi connectivity index (χ1n) is 3.26. The van der Waals surface area contributed by atoms with Crippen LogP contribution in [0.1, 0.15) is 16.2 Å². The Morgan fingerprint density at radius 2 is 2.36 bits per heavy atom. The minimum absolute atomic E-state index is 0.0457. The van der Waals surface area contributed by atoms with E-state index in [4.69, 9.17) is 11.0 Å². The maximum Gasteiger partial charge on any atom is 0.271 e. The molecule has 1 aromatic heterocycles. The maximum absolute atomic E-state index is 10.9. The lowest BCUT2D eigenvalue weighted by molar-refractivity contribution is 0.0995. The lowest BCUT2D eigenvalue weighted by atomic mass is 10.3. The molecule has 0 aliphatic rings. The number of hydrogen-bond acceptors (Lipinski definition) is 6. The van der Waals surface area contributed by atoms with Crippen molar-refractivity contribution in [3.63, 3.8) is 0 Å². The molecule has 70 valence electrons. The molecule has 0 spiro atoms. The van der Waals surface area contributed by atoms with E-state index in [1.54, 1.807) is 6.07 Å². The molecule has 0 unspecified atom stereocenters. The topological polar surface area (TPSA) is 118 Å². The zero-order valence-electron chi connectivity index (χ0n) is 6.68. The molecule has 0 aliphatic heterocycles. The molecule has 7 nitrogen and oxygen atoms in total. The Morgan fingerprint density at radius 3 is 2.86 bits per heavy atom. The Morgan fingerprint density at radius 1 is 1.64 bits per heavy atom. The highest BCUT2D eigenvalue weighted by Gasteiger charge is 2.15. The van der Waals surface area contributed by atoms with E-state index in [1.165, 1.54) is 4.22 Å². The molecule has 0 atom stereocenters. The number of amides is 1. The minimum Gasteiger partial charge on any atom is -0.364 e. The van der Waals surface area contributed by atoms with Gasteiger partial charge in [0.05, 0.1) is 4.22 Å². The van der Waals surface area contributed by atoms with Gasteiger partial charge in [0.25, 0.3) is 5.91 Å². The number of rotatable bonds is 2. The molecule has 0 radical (unpaired) electrons. The van der Waals surface area contributed by atoms with Crippen LogP contribution >= 0.6 is 22.6 Å². The molecule has 1 heterocycles. The van der Waals surface area contributed by atoms with Crippen molar-refractivity contribution in [1.29, 1.82) is 5.26 Å². The average molecular weight is 302 g/mol. The number of hydrogen-bond donors (Lipinski definition) is 1. The molecule has 1 aromatic rings. The molecule has 1 rings (SSSR count). The number of nitrogens with two attached hydrogens (primary N) is 1. The SMILES string of the molecule is N#Cc1nnnc(C(N)=O)c1N=CI. The summed E-state index contributed by atoms with van der Waals surface area (Å²) in [6.45, 7) is 0. The van der Waals surface area contributed by atoms with Crippen LogP contribution in [0.3, 0.4) is 0 Å². The van der Waals surface area contributed by atoms with Gasteiger partial charge in [-0.1, -0.05) is 0 Å². The van der Waals surface area contributed by atoms with Gasteiger partial charge in [-0.25, -0.2) is 4.99 Å². The Labute approximate surface area is 92.2 Å². The van der Waals surface area contributed by atoms with Crippen molar-refractivity contribution < 1.29 is 4.79 Å². The first kappa shape index (κ1) is 10.5. The number of aromatic nitrogens is 3. The number of carbonyl (C=O) groups is 1. The van der Waals surface area contributed by atoms with Gasteiger partial charge in [-0.15, -0.1) is 10.2 Å². The fraction of sp³-hybridized carbons (Fsp3) is 0. The van der Waals surface area contributed by atoms with Crippen LogP contribution in [0.5, 0.6) is 0 Å². The van der Waals surface area contributed by atoms with Gasteiger partial charge >= 0.3 is 0 Å². The predicted octanol–water partition coefficient (Wildman–Crippen LogP) is -0.0630. The molecule has 0 aliphatic carbocycles. The highest BCUT2D eigenvalue weighted by atomic mass is 127. The Balaban J connectivity index is 3.45. The van der Waals surface area contributed by atoms with Crippen LogP contribution in [0, 0.1) is 11.3 Å². The van der Waals surface area contributed by atoms with E-state index in [1.807, 2.05) is 22.6 Å². The monoisotopic (exact) mass is 302 g/mol. The summed E-state index contributed by atoms with van der Waals surface area (Å²) in [5.74, 6) is -0.798. The fourth-order valence-electron chi connectivity index (χ4n) is 0.731. The minimum atomic E-state index is -0.798. The molecular formula is C6H3IN6O. The van der Waals surface area contributed by atoms with Crippen molar-refractivity contribution >= 4 is 38.4 Å². The van der Waals surface area contributed by atoms with Gasteiger partial charge in [0.15, 0.2) is 11.4 Å². The number of halogens is 1. The Hall–Kier alpha value is -1.63. The number of nitriles is 1. The van der Waals surface area contributed by atoms with Gasteiger partial charge < -0.3 is 5.73 Å². The van der Waals surface area contributed by atoms with E-state index in [2.05, 4.69) is 20.4 Å². The van der Waals surface area contributed by atoms with Crippen LogP contribution in [-0.4, -0.2) is 25.5 Å².